The van der Waals surface area contributed by atoms with E-state index in [2.05, 4.69) is 25.4 Å². The van der Waals surface area contributed by atoms with E-state index < -0.39 is 0 Å². The highest BCUT2D eigenvalue weighted by Gasteiger charge is 2.14. The normalized spacial score (nSPS) is 15.2. The zero-order valence-corrected chi connectivity index (χ0v) is 11.5. The van der Waals surface area contributed by atoms with Crippen LogP contribution in [0.2, 0.25) is 5.02 Å². The monoisotopic (exact) mass is 291 g/mol. The van der Waals surface area contributed by atoms with Crippen molar-refractivity contribution >= 4 is 29.1 Å². The lowest BCUT2D eigenvalue weighted by atomic mass is 10.3. The number of morpholine rings is 1. The van der Waals surface area contributed by atoms with E-state index in [1.807, 2.05) is 24.3 Å². The number of ether oxygens (including phenoxy) is 1. The first kappa shape index (κ1) is 13.1. The molecule has 0 spiro atoms. The minimum atomic E-state index is 0.618. The van der Waals surface area contributed by atoms with Gasteiger partial charge >= 0.3 is 0 Å². The number of nitrogens with one attached hydrogen (secondary N) is 1. The van der Waals surface area contributed by atoms with Gasteiger partial charge in [0.2, 0.25) is 5.95 Å². The molecule has 0 aliphatic carbocycles. The Morgan fingerprint density at radius 3 is 2.65 bits per heavy atom. The van der Waals surface area contributed by atoms with Crippen LogP contribution >= 0.6 is 11.6 Å². The van der Waals surface area contributed by atoms with Gasteiger partial charge in [-0.2, -0.15) is 10.1 Å². The lowest BCUT2D eigenvalue weighted by Gasteiger charge is -2.26. The van der Waals surface area contributed by atoms with Crippen molar-refractivity contribution in [1.82, 2.24) is 15.2 Å². The minimum Gasteiger partial charge on any atom is -0.378 e. The summed E-state index contributed by atoms with van der Waals surface area (Å²) in [6.45, 7) is 2.95. The molecule has 104 valence electrons. The fourth-order valence-corrected chi connectivity index (χ4v) is 2.06. The zero-order chi connectivity index (χ0) is 13.8. The van der Waals surface area contributed by atoms with E-state index >= 15 is 0 Å². The molecule has 7 heteroatoms. The third-order valence-electron chi connectivity index (χ3n) is 2.96. The van der Waals surface area contributed by atoms with Gasteiger partial charge in [-0.3, -0.25) is 0 Å². The maximum atomic E-state index is 5.86. The predicted molar refractivity (Wildman–Crippen MR) is 77.6 cm³/mol. The highest BCUT2D eigenvalue weighted by molar-refractivity contribution is 6.30. The molecule has 1 N–H and O–H groups in total. The second kappa shape index (κ2) is 6.02. The lowest BCUT2D eigenvalue weighted by Crippen LogP contribution is -2.37. The highest BCUT2D eigenvalue weighted by atomic mass is 35.5. The molecule has 2 aromatic rings. The van der Waals surface area contributed by atoms with Gasteiger partial charge in [-0.1, -0.05) is 11.6 Å². The molecular weight excluding hydrogens is 278 g/mol. The molecule has 1 fully saturated rings. The molecule has 0 radical (unpaired) electrons. The summed E-state index contributed by atoms with van der Waals surface area (Å²) >= 11 is 5.86. The van der Waals surface area contributed by atoms with E-state index in [0.717, 1.165) is 18.8 Å². The molecule has 1 saturated heterocycles. The van der Waals surface area contributed by atoms with Crippen molar-refractivity contribution in [1.29, 1.82) is 0 Å². The fourth-order valence-electron chi connectivity index (χ4n) is 1.93. The van der Waals surface area contributed by atoms with E-state index in [4.69, 9.17) is 16.3 Å². The lowest BCUT2D eigenvalue weighted by molar-refractivity contribution is 0.122. The second-order valence-electron chi connectivity index (χ2n) is 4.37. The molecule has 1 aromatic heterocycles. The topological polar surface area (TPSA) is 63.2 Å². The molecule has 0 bridgehead atoms. The second-order valence-corrected chi connectivity index (χ2v) is 4.81. The summed E-state index contributed by atoms with van der Waals surface area (Å²) in [6.07, 6.45) is 1.60. The van der Waals surface area contributed by atoms with Crippen LogP contribution < -0.4 is 10.2 Å². The maximum absolute atomic E-state index is 5.86. The Bertz CT molecular complexity index is 571. The van der Waals surface area contributed by atoms with Gasteiger partial charge in [0.05, 0.1) is 19.4 Å². The summed E-state index contributed by atoms with van der Waals surface area (Å²) in [5.74, 6) is 1.27. The van der Waals surface area contributed by atoms with Crippen LogP contribution in [-0.4, -0.2) is 41.5 Å². The number of aromatic nitrogens is 3. The summed E-state index contributed by atoms with van der Waals surface area (Å²) in [6, 6.07) is 7.42. The molecular formula is C13H14ClN5O. The Morgan fingerprint density at radius 2 is 1.90 bits per heavy atom. The number of nitrogens with zero attached hydrogens (tertiary/aromatic N) is 4. The van der Waals surface area contributed by atoms with Crippen LogP contribution in [0.4, 0.5) is 17.5 Å². The molecule has 1 aliphatic rings. The summed E-state index contributed by atoms with van der Waals surface area (Å²) in [7, 11) is 0. The molecule has 3 rings (SSSR count). The molecule has 0 unspecified atom stereocenters. The molecule has 0 atom stereocenters. The van der Waals surface area contributed by atoms with E-state index in [9.17, 15) is 0 Å². The van der Waals surface area contributed by atoms with Gasteiger partial charge < -0.3 is 15.0 Å². The molecule has 20 heavy (non-hydrogen) atoms. The smallest absolute Gasteiger partial charge is 0.247 e. The van der Waals surface area contributed by atoms with E-state index in [1.54, 1.807) is 6.20 Å². The summed E-state index contributed by atoms with van der Waals surface area (Å²) in [4.78, 5) is 6.53. The van der Waals surface area contributed by atoms with Gasteiger partial charge in [-0.05, 0) is 24.3 Å². The standard InChI is InChI=1S/C13H14ClN5O/c14-10-1-3-11(4-2-10)16-12-9-15-18-13(17-12)19-5-7-20-8-6-19/h1-4,9H,5-8H2,(H,16,17,18). The number of benzene rings is 1. The average molecular weight is 292 g/mol. The van der Waals surface area contributed by atoms with Crippen LogP contribution in [0.25, 0.3) is 0 Å². The van der Waals surface area contributed by atoms with Gasteiger partial charge in [0.15, 0.2) is 5.82 Å². The van der Waals surface area contributed by atoms with Crippen LogP contribution in [-0.2, 0) is 4.74 Å². The van der Waals surface area contributed by atoms with Crippen molar-refractivity contribution in [3.05, 3.63) is 35.5 Å². The molecule has 0 saturated carbocycles. The molecule has 0 amide bonds. The van der Waals surface area contributed by atoms with Gasteiger partial charge in [0.1, 0.15) is 0 Å². The number of hydrogen-bond donors (Lipinski definition) is 1. The van der Waals surface area contributed by atoms with Crippen LogP contribution in [0.3, 0.4) is 0 Å². The Kier molecular flexibility index (Phi) is 3.94. The van der Waals surface area contributed by atoms with Gasteiger partial charge in [-0.25, -0.2) is 0 Å². The zero-order valence-electron chi connectivity index (χ0n) is 10.8. The van der Waals surface area contributed by atoms with Crippen molar-refractivity contribution in [3.8, 4) is 0 Å². The number of hydrogen-bond acceptors (Lipinski definition) is 6. The summed E-state index contributed by atoms with van der Waals surface area (Å²) < 4.78 is 5.31. The number of rotatable bonds is 3. The Balaban J connectivity index is 1.75. The first-order valence-electron chi connectivity index (χ1n) is 6.36. The predicted octanol–water partition coefficient (Wildman–Crippen LogP) is 2.11. The third-order valence-corrected chi connectivity index (χ3v) is 3.21. The number of halogens is 1. The van der Waals surface area contributed by atoms with Crippen molar-refractivity contribution < 1.29 is 4.74 Å². The Hall–Kier alpha value is -1.92. The first-order chi connectivity index (χ1) is 9.81. The first-order valence-corrected chi connectivity index (χ1v) is 6.74. The van der Waals surface area contributed by atoms with Crippen LogP contribution in [0.15, 0.2) is 30.5 Å². The van der Waals surface area contributed by atoms with Crippen LogP contribution in [0, 0.1) is 0 Å². The van der Waals surface area contributed by atoms with Crippen molar-refractivity contribution in [2.24, 2.45) is 0 Å². The van der Waals surface area contributed by atoms with E-state index in [-0.39, 0.29) is 0 Å². The quantitative estimate of drug-likeness (QED) is 0.934. The molecule has 1 aliphatic heterocycles. The third kappa shape index (κ3) is 3.15. The number of anilines is 3. The van der Waals surface area contributed by atoms with Gasteiger partial charge in [0, 0.05) is 23.8 Å². The average Bonchev–Trinajstić information content (AvgIpc) is 2.51. The largest absolute Gasteiger partial charge is 0.378 e. The molecule has 6 nitrogen and oxygen atoms in total. The van der Waals surface area contributed by atoms with E-state index in [0.29, 0.717) is 30.0 Å². The van der Waals surface area contributed by atoms with Crippen molar-refractivity contribution in [3.63, 3.8) is 0 Å². The van der Waals surface area contributed by atoms with Crippen molar-refractivity contribution in [2.75, 3.05) is 36.5 Å². The maximum Gasteiger partial charge on any atom is 0.247 e. The summed E-state index contributed by atoms with van der Waals surface area (Å²) in [5, 5.41) is 11.9. The van der Waals surface area contributed by atoms with Crippen molar-refractivity contribution in [2.45, 2.75) is 0 Å². The van der Waals surface area contributed by atoms with E-state index in [1.165, 1.54) is 0 Å². The summed E-state index contributed by atoms with van der Waals surface area (Å²) in [5.41, 5.74) is 0.905. The SMILES string of the molecule is Clc1ccc(Nc2cnnc(N3CCOCC3)n2)cc1. The minimum absolute atomic E-state index is 0.618. The Morgan fingerprint density at radius 1 is 1.15 bits per heavy atom. The fraction of sp³-hybridized carbons (Fsp3) is 0.308. The van der Waals surface area contributed by atoms with Crippen LogP contribution in [0.1, 0.15) is 0 Å². The Labute approximate surface area is 121 Å². The van der Waals surface area contributed by atoms with Gasteiger partial charge in [0.25, 0.3) is 0 Å². The molecule has 1 aromatic carbocycles. The highest BCUT2D eigenvalue weighted by Crippen LogP contribution is 2.18. The van der Waals surface area contributed by atoms with Gasteiger partial charge in [-0.15, -0.1) is 5.10 Å². The van der Waals surface area contributed by atoms with Crippen LogP contribution in [0.5, 0.6) is 0 Å². The molecule has 2 heterocycles.